The molecule has 2 aliphatic heterocycles. The summed E-state index contributed by atoms with van der Waals surface area (Å²) in [5, 5.41) is 15.5. The highest BCUT2D eigenvalue weighted by molar-refractivity contribution is 5.98. The summed E-state index contributed by atoms with van der Waals surface area (Å²) in [4.78, 5) is 25.6. The van der Waals surface area contributed by atoms with Gasteiger partial charge in [0.2, 0.25) is 0 Å². The molecule has 3 N–H and O–H groups in total. The van der Waals surface area contributed by atoms with Crippen LogP contribution in [0, 0.1) is 17.3 Å². The van der Waals surface area contributed by atoms with Crippen LogP contribution in [0.5, 0.6) is 11.5 Å². The highest BCUT2D eigenvalue weighted by Crippen LogP contribution is 2.43. The second-order valence-electron chi connectivity index (χ2n) is 13.5. The second-order valence-corrected chi connectivity index (χ2v) is 13.5. The summed E-state index contributed by atoms with van der Waals surface area (Å²) in [5.74, 6) is 2.62. The molecule has 7 rings (SSSR count). The topological polar surface area (TPSA) is 123 Å². The van der Waals surface area contributed by atoms with Crippen LogP contribution in [0.3, 0.4) is 0 Å². The first-order valence-corrected chi connectivity index (χ1v) is 15.8. The maximum Gasteiger partial charge on any atom is 0.310 e. The molecule has 1 aliphatic carbocycles. The number of benzene rings is 2. The molecule has 1 saturated carbocycles. The zero-order valence-corrected chi connectivity index (χ0v) is 25.5. The van der Waals surface area contributed by atoms with Crippen LogP contribution >= 0.6 is 0 Å². The van der Waals surface area contributed by atoms with Crippen LogP contribution in [-0.2, 0) is 4.79 Å². The van der Waals surface area contributed by atoms with E-state index in [2.05, 4.69) is 24.4 Å². The Balaban J connectivity index is 1.02. The fourth-order valence-corrected chi connectivity index (χ4v) is 7.67. The molecule has 230 valence electrons. The molecular weight excluding hydrogens is 554 g/mol. The largest absolute Gasteiger partial charge is 0.481 e. The number of rotatable bonds is 8. The number of fused-ring (bicyclic) bond motifs is 2. The van der Waals surface area contributed by atoms with Crippen LogP contribution < -0.4 is 10.5 Å². The molecule has 10 nitrogen and oxygen atoms in total. The molecule has 3 atom stereocenters. The Hall–Kier alpha value is -4.02. The van der Waals surface area contributed by atoms with E-state index in [0.29, 0.717) is 30.2 Å². The first-order chi connectivity index (χ1) is 21.2. The Labute approximate surface area is 257 Å². The van der Waals surface area contributed by atoms with Gasteiger partial charge in [0, 0.05) is 44.3 Å². The van der Waals surface area contributed by atoms with Gasteiger partial charge in [-0.3, -0.25) is 4.79 Å². The van der Waals surface area contributed by atoms with Crippen molar-refractivity contribution >= 4 is 22.8 Å². The smallest absolute Gasteiger partial charge is 0.310 e. The minimum atomic E-state index is -0.715. The van der Waals surface area contributed by atoms with E-state index >= 15 is 0 Å². The number of nitrogens with two attached hydrogens (primary N) is 1. The van der Waals surface area contributed by atoms with E-state index in [1.165, 1.54) is 19.2 Å². The lowest BCUT2D eigenvalue weighted by molar-refractivity contribution is -0.147. The Morgan fingerprint density at radius 3 is 2.27 bits per heavy atom. The number of aliphatic carboxylic acids is 1. The fourth-order valence-electron chi connectivity index (χ4n) is 7.67. The van der Waals surface area contributed by atoms with Crippen molar-refractivity contribution in [2.75, 3.05) is 38.5 Å². The molecule has 0 radical (unpaired) electrons. The number of anilines is 1. The average Bonchev–Trinajstić information content (AvgIpc) is 3.70. The van der Waals surface area contributed by atoms with Gasteiger partial charge in [-0.25, -0.2) is 14.6 Å². The lowest BCUT2D eigenvalue weighted by Gasteiger charge is -2.37. The van der Waals surface area contributed by atoms with Gasteiger partial charge in [0.15, 0.2) is 5.65 Å². The summed E-state index contributed by atoms with van der Waals surface area (Å²) in [6, 6.07) is 18.5. The number of carboxylic acid groups (broad SMARTS) is 1. The molecule has 4 aromatic rings. The van der Waals surface area contributed by atoms with E-state index in [-0.39, 0.29) is 6.04 Å². The second kappa shape index (κ2) is 11.5. The van der Waals surface area contributed by atoms with E-state index < -0.39 is 11.4 Å². The van der Waals surface area contributed by atoms with E-state index in [9.17, 15) is 9.90 Å². The van der Waals surface area contributed by atoms with Crippen LogP contribution in [-0.4, -0.2) is 79.4 Å². The van der Waals surface area contributed by atoms with Crippen molar-refractivity contribution in [2.45, 2.75) is 51.6 Å². The van der Waals surface area contributed by atoms with Gasteiger partial charge in [0.25, 0.3) is 0 Å². The highest BCUT2D eigenvalue weighted by atomic mass is 16.5. The standard InChI is InChI=1S/C34H41N7O3/c1-34(2,33(42)43)20-39-18-23-16-26(17-24(23)19-39)40-14-12-25(13-15-40)41-32-29(31(35)36-21-37-32)30(38-41)22-8-10-28(11-9-22)44-27-6-4-3-5-7-27/h3-11,21,23-26H,12-20H2,1-2H3,(H,42,43)(H2,35,36,37)/t23-,24+,26?. The summed E-state index contributed by atoms with van der Waals surface area (Å²) >= 11 is 0. The van der Waals surface area contributed by atoms with Crippen molar-refractivity contribution in [3.05, 3.63) is 60.9 Å². The Morgan fingerprint density at radius 1 is 0.955 bits per heavy atom. The lowest BCUT2D eigenvalue weighted by Crippen LogP contribution is -2.42. The fraction of sp³-hybridized carbons (Fsp3) is 0.471. The van der Waals surface area contributed by atoms with Crippen molar-refractivity contribution in [1.29, 1.82) is 0 Å². The van der Waals surface area contributed by atoms with Crippen LogP contribution in [0.4, 0.5) is 5.82 Å². The third kappa shape index (κ3) is 5.52. The minimum Gasteiger partial charge on any atom is -0.481 e. The SMILES string of the molecule is CC(C)(CN1C[C@H]2CC(N3CCC(n4nc(-c5ccc(Oc6ccccc6)cc5)c5c(N)ncnc54)CC3)C[C@H]2C1)C(=O)O. The van der Waals surface area contributed by atoms with Gasteiger partial charge in [0.1, 0.15) is 29.3 Å². The summed E-state index contributed by atoms with van der Waals surface area (Å²) in [6.45, 7) is 8.42. The normalized spacial score (nSPS) is 23.3. The molecule has 2 aromatic carbocycles. The first kappa shape index (κ1) is 28.7. The van der Waals surface area contributed by atoms with E-state index in [0.717, 1.165) is 72.8 Å². The lowest BCUT2D eigenvalue weighted by atomic mass is 9.93. The van der Waals surface area contributed by atoms with Crippen LogP contribution in [0.1, 0.15) is 45.6 Å². The molecule has 2 saturated heterocycles. The Kier molecular flexibility index (Phi) is 7.50. The summed E-state index contributed by atoms with van der Waals surface area (Å²) in [5.41, 5.74) is 8.24. The molecule has 10 heteroatoms. The molecule has 44 heavy (non-hydrogen) atoms. The molecule has 0 spiro atoms. The van der Waals surface area contributed by atoms with Gasteiger partial charge in [0.05, 0.1) is 16.8 Å². The predicted molar refractivity (Wildman–Crippen MR) is 169 cm³/mol. The predicted octanol–water partition coefficient (Wildman–Crippen LogP) is 5.33. The summed E-state index contributed by atoms with van der Waals surface area (Å²) in [6.07, 6.45) is 5.97. The Morgan fingerprint density at radius 2 is 1.61 bits per heavy atom. The number of hydrogen-bond acceptors (Lipinski definition) is 8. The molecule has 3 fully saturated rings. The number of carboxylic acids is 1. The van der Waals surface area contributed by atoms with Crippen molar-refractivity contribution in [3.63, 3.8) is 0 Å². The monoisotopic (exact) mass is 595 g/mol. The van der Waals surface area contributed by atoms with E-state index in [1.807, 2.05) is 68.4 Å². The number of hydrogen-bond donors (Lipinski definition) is 2. The quantitative estimate of drug-likeness (QED) is 0.278. The number of carbonyl (C=O) groups is 1. The summed E-state index contributed by atoms with van der Waals surface area (Å²) < 4.78 is 8.07. The van der Waals surface area contributed by atoms with Crippen molar-refractivity contribution in [3.8, 4) is 22.8 Å². The van der Waals surface area contributed by atoms with Crippen molar-refractivity contribution < 1.29 is 14.6 Å². The zero-order valence-electron chi connectivity index (χ0n) is 25.5. The van der Waals surface area contributed by atoms with Crippen LogP contribution in [0.2, 0.25) is 0 Å². The van der Waals surface area contributed by atoms with Gasteiger partial charge >= 0.3 is 5.97 Å². The van der Waals surface area contributed by atoms with Crippen molar-refractivity contribution in [2.24, 2.45) is 17.3 Å². The number of likely N-dealkylation sites (tertiary alicyclic amines) is 2. The van der Waals surface area contributed by atoms with Gasteiger partial charge in [-0.05, 0) is 87.8 Å². The Bertz CT molecular complexity index is 1620. The third-order valence-corrected chi connectivity index (χ3v) is 9.99. The van der Waals surface area contributed by atoms with Crippen LogP contribution in [0.25, 0.3) is 22.3 Å². The van der Waals surface area contributed by atoms with Crippen molar-refractivity contribution in [1.82, 2.24) is 29.5 Å². The van der Waals surface area contributed by atoms with Gasteiger partial charge in [-0.2, -0.15) is 5.10 Å². The molecule has 0 bridgehead atoms. The van der Waals surface area contributed by atoms with E-state index in [1.54, 1.807) is 0 Å². The molecule has 3 aliphatic rings. The van der Waals surface area contributed by atoms with Crippen LogP contribution in [0.15, 0.2) is 60.9 Å². The molecule has 4 heterocycles. The third-order valence-electron chi connectivity index (χ3n) is 9.99. The number of piperidine rings is 1. The number of nitrogen functional groups attached to an aromatic ring is 1. The summed E-state index contributed by atoms with van der Waals surface area (Å²) in [7, 11) is 0. The van der Waals surface area contributed by atoms with Gasteiger partial charge in [-0.1, -0.05) is 18.2 Å². The molecule has 1 unspecified atom stereocenters. The molecular formula is C34H41N7O3. The molecule has 0 amide bonds. The average molecular weight is 596 g/mol. The van der Waals surface area contributed by atoms with E-state index in [4.69, 9.17) is 15.6 Å². The maximum atomic E-state index is 11.6. The number of nitrogens with zero attached hydrogens (tertiary/aromatic N) is 6. The number of aromatic nitrogens is 4. The minimum absolute atomic E-state index is 0.243. The number of ether oxygens (including phenoxy) is 1. The van der Waals surface area contributed by atoms with Gasteiger partial charge < -0.3 is 25.4 Å². The molecule has 2 aromatic heterocycles. The highest BCUT2D eigenvalue weighted by Gasteiger charge is 2.45. The first-order valence-electron chi connectivity index (χ1n) is 15.8. The number of para-hydroxylation sites is 1. The zero-order chi connectivity index (χ0) is 30.4. The van der Waals surface area contributed by atoms with Gasteiger partial charge in [-0.15, -0.1) is 0 Å². The maximum absolute atomic E-state index is 11.6.